The first-order valence-corrected chi connectivity index (χ1v) is 9.53. The van der Waals surface area contributed by atoms with Crippen molar-refractivity contribution in [2.75, 3.05) is 12.3 Å². The quantitative estimate of drug-likeness (QED) is 0.653. The molecule has 2 aromatic rings. The maximum Gasteiger partial charge on any atom is 0.237 e. The number of nitrogens with zero attached hydrogens (tertiary/aromatic N) is 3. The fraction of sp³-hybridized carbons (Fsp3) is 0.444. The van der Waals surface area contributed by atoms with Crippen LogP contribution in [0.15, 0.2) is 29.4 Å². The van der Waals surface area contributed by atoms with E-state index < -0.39 is 5.91 Å². The first-order valence-electron chi connectivity index (χ1n) is 8.55. The van der Waals surface area contributed by atoms with Crippen molar-refractivity contribution < 1.29 is 9.59 Å². The molecule has 0 fully saturated rings. The van der Waals surface area contributed by atoms with Crippen LogP contribution in [-0.2, 0) is 16.1 Å². The van der Waals surface area contributed by atoms with Crippen LogP contribution in [0.3, 0.4) is 0 Å². The summed E-state index contributed by atoms with van der Waals surface area (Å²) in [4.78, 5) is 23.4. The normalized spacial score (nSPS) is 10.9. The number of aromatic nitrogens is 3. The highest BCUT2D eigenvalue weighted by Crippen LogP contribution is 2.24. The lowest BCUT2D eigenvalue weighted by atomic mass is 10.1. The maximum absolute atomic E-state index is 12.0. The number of nitrogens with one attached hydrogen (secondary N) is 1. The Morgan fingerprint density at radius 2 is 2.08 bits per heavy atom. The topological polar surface area (TPSA) is 103 Å². The standard InChI is InChI=1S/C18H25N5O2S/c1-12(2)7-8-20-16(25)11-26-18-22-21-17(23(18)10-15(19)24)14-6-4-5-13(3)9-14/h4-6,9,12H,7-8,10-11H2,1-3H3,(H2,19,24)(H,20,25). The second-order valence-electron chi connectivity index (χ2n) is 6.55. The summed E-state index contributed by atoms with van der Waals surface area (Å²) in [5.74, 6) is 0.764. The average molecular weight is 375 g/mol. The molecule has 0 spiro atoms. The second-order valence-corrected chi connectivity index (χ2v) is 7.49. The number of amides is 2. The molecule has 1 aromatic heterocycles. The van der Waals surface area contributed by atoms with E-state index in [0.29, 0.717) is 23.4 Å². The largest absolute Gasteiger partial charge is 0.368 e. The minimum Gasteiger partial charge on any atom is -0.368 e. The zero-order chi connectivity index (χ0) is 19.1. The molecule has 0 saturated heterocycles. The third kappa shape index (κ3) is 5.87. The van der Waals surface area contributed by atoms with Crippen molar-refractivity contribution in [2.45, 2.75) is 38.9 Å². The van der Waals surface area contributed by atoms with Gasteiger partial charge in [0.05, 0.1) is 5.75 Å². The number of carbonyl (C=O) groups excluding carboxylic acids is 2. The van der Waals surface area contributed by atoms with Gasteiger partial charge in [-0.05, 0) is 25.3 Å². The van der Waals surface area contributed by atoms with Gasteiger partial charge in [0.25, 0.3) is 0 Å². The molecule has 0 aliphatic heterocycles. The molecule has 0 saturated carbocycles. The van der Waals surface area contributed by atoms with Crippen molar-refractivity contribution in [2.24, 2.45) is 11.7 Å². The Morgan fingerprint density at radius 3 is 2.73 bits per heavy atom. The van der Waals surface area contributed by atoms with Crippen molar-refractivity contribution in [1.29, 1.82) is 0 Å². The number of primary amides is 1. The predicted octanol–water partition coefficient (Wildman–Crippen LogP) is 1.99. The van der Waals surface area contributed by atoms with E-state index in [0.717, 1.165) is 17.5 Å². The molecule has 0 unspecified atom stereocenters. The Morgan fingerprint density at radius 1 is 1.31 bits per heavy atom. The molecular weight excluding hydrogens is 350 g/mol. The van der Waals surface area contributed by atoms with Gasteiger partial charge in [0.2, 0.25) is 11.8 Å². The number of aryl methyl sites for hydroxylation is 1. The summed E-state index contributed by atoms with van der Waals surface area (Å²) in [6.07, 6.45) is 0.936. The molecule has 1 heterocycles. The molecule has 7 nitrogen and oxygen atoms in total. The van der Waals surface area contributed by atoms with Crippen molar-refractivity contribution in [1.82, 2.24) is 20.1 Å². The van der Waals surface area contributed by atoms with Crippen LogP contribution in [0.2, 0.25) is 0 Å². The van der Waals surface area contributed by atoms with Gasteiger partial charge >= 0.3 is 0 Å². The van der Waals surface area contributed by atoms with Crippen LogP contribution in [0.25, 0.3) is 11.4 Å². The third-order valence-electron chi connectivity index (χ3n) is 3.68. The van der Waals surface area contributed by atoms with E-state index in [1.54, 1.807) is 4.57 Å². The number of rotatable bonds is 9. The molecule has 2 amide bonds. The SMILES string of the molecule is Cc1cccc(-c2nnc(SCC(=O)NCCC(C)C)n2CC(N)=O)c1. The number of hydrogen-bond donors (Lipinski definition) is 2. The van der Waals surface area contributed by atoms with Crippen molar-refractivity contribution in [3.8, 4) is 11.4 Å². The first kappa shape index (κ1) is 20.0. The zero-order valence-corrected chi connectivity index (χ0v) is 16.2. The number of thioether (sulfide) groups is 1. The van der Waals surface area contributed by atoms with Gasteiger partial charge in [0.1, 0.15) is 6.54 Å². The lowest BCUT2D eigenvalue weighted by Gasteiger charge is -2.09. The zero-order valence-electron chi connectivity index (χ0n) is 15.4. The third-order valence-corrected chi connectivity index (χ3v) is 4.65. The molecule has 8 heteroatoms. The predicted molar refractivity (Wildman–Crippen MR) is 103 cm³/mol. The van der Waals surface area contributed by atoms with Gasteiger partial charge in [-0.25, -0.2) is 0 Å². The van der Waals surface area contributed by atoms with Crippen molar-refractivity contribution in [3.63, 3.8) is 0 Å². The fourth-order valence-electron chi connectivity index (χ4n) is 2.37. The second kappa shape index (κ2) is 9.38. The van der Waals surface area contributed by atoms with Crippen LogP contribution in [-0.4, -0.2) is 38.9 Å². The molecule has 3 N–H and O–H groups in total. The summed E-state index contributed by atoms with van der Waals surface area (Å²) in [5.41, 5.74) is 7.31. The molecule has 2 rings (SSSR count). The summed E-state index contributed by atoms with van der Waals surface area (Å²) < 4.78 is 1.66. The summed E-state index contributed by atoms with van der Waals surface area (Å²) in [5, 5.41) is 11.7. The van der Waals surface area contributed by atoms with E-state index in [-0.39, 0.29) is 18.2 Å². The maximum atomic E-state index is 12.0. The monoisotopic (exact) mass is 375 g/mol. The summed E-state index contributed by atoms with van der Waals surface area (Å²) >= 11 is 1.25. The molecule has 0 bridgehead atoms. The van der Waals surface area contributed by atoms with Crippen molar-refractivity contribution >= 4 is 23.6 Å². The summed E-state index contributed by atoms with van der Waals surface area (Å²) in [7, 11) is 0. The molecule has 26 heavy (non-hydrogen) atoms. The minimum atomic E-state index is -0.484. The lowest BCUT2D eigenvalue weighted by molar-refractivity contribution is -0.119. The molecule has 0 aliphatic carbocycles. The number of nitrogens with two attached hydrogens (primary N) is 1. The smallest absolute Gasteiger partial charge is 0.237 e. The van der Waals surface area contributed by atoms with Crippen LogP contribution in [0.4, 0.5) is 0 Å². The van der Waals surface area contributed by atoms with Crippen LogP contribution in [0.5, 0.6) is 0 Å². The van der Waals surface area contributed by atoms with Gasteiger partial charge in [-0.3, -0.25) is 14.2 Å². The van der Waals surface area contributed by atoms with E-state index >= 15 is 0 Å². The molecular formula is C18H25N5O2S. The Kier molecular flexibility index (Phi) is 7.20. The van der Waals surface area contributed by atoms with Gasteiger partial charge in [0, 0.05) is 12.1 Å². The van der Waals surface area contributed by atoms with Crippen LogP contribution < -0.4 is 11.1 Å². The average Bonchev–Trinajstić information content (AvgIpc) is 2.94. The van der Waals surface area contributed by atoms with Gasteiger partial charge in [0.15, 0.2) is 11.0 Å². The number of hydrogen-bond acceptors (Lipinski definition) is 5. The van der Waals surface area contributed by atoms with Crippen molar-refractivity contribution in [3.05, 3.63) is 29.8 Å². The number of benzene rings is 1. The highest BCUT2D eigenvalue weighted by atomic mass is 32.2. The summed E-state index contributed by atoms with van der Waals surface area (Å²) in [6.45, 7) is 6.82. The Labute approximate surface area is 157 Å². The van der Waals surface area contributed by atoms with Gasteiger partial charge < -0.3 is 11.1 Å². The Bertz CT molecular complexity index is 773. The molecule has 140 valence electrons. The molecule has 1 aromatic carbocycles. The fourth-order valence-corrected chi connectivity index (χ4v) is 3.14. The first-order chi connectivity index (χ1) is 12.4. The lowest BCUT2D eigenvalue weighted by Crippen LogP contribution is -2.27. The van der Waals surface area contributed by atoms with Crippen LogP contribution >= 0.6 is 11.8 Å². The van der Waals surface area contributed by atoms with Gasteiger partial charge in [-0.1, -0.05) is 49.4 Å². The highest BCUT2D eigenvalue weighted by Gasteiger charge is 2.17. The van der Waals surface area contributed by atoms with E-state index in [1.807, 2.05) is 31.2 Å². The Balaban J connectivity index is 2.11. The van der Waals surface area contributed by atoms with E-state index in [4.69, 9.17) is 5.73 Å². The van der Waals surface area contributed by atoms with E-state index in [2.05, 4.69) is 29.4 Å². The van der Waals surface area contributed by atoms with E-state index in [9.17, 15) is 9.59 Å². The molecule has 0 radical (unpaired) electrons. The van der Waals surface area contributed by atoms with Gasteiger partial charge in [-0.15, -0.1) is 10.2 Å². The van der Waals surface area contributed by atoms with Crippen LogP contribution in [0.1, 0.15) is 25.8 Å². The number of carbonyl (C=O) groups is 2. The highest BCUT2D eigenvalue weighted by molar-refractivity contribution is 7.99. The minimum absolute atomic E-state index is 0.0341. The van der Waals surface area contributed by atoms with E-state index in [1.165, 1.54) is 11.8 Å². The molecule has 0 aliphatic rings. The van der Waals surface area contributed by atoms with Gasteiger partial charge in [-0.2, -0.15) is 0 Å². The molecule has 0 atom stereocenters. The summed E-state index contributed by atoms with van der Waals surface area (Å²) in [6, 6.07) is 7.77. The Hall–Kier alpha value is -2.35. The van der Waals surface area contributed by atoms with Crippen LogP contribution in [0, 0.1) is 12.8 Å².